The number of nitrogens with zero attached hydrogens (tertiary/aromatic N) is 2. The van der Waals surface area contributed by atoms with E-state index in [9.17, 15) is 8.42 Å². The number of nitrogens with one attached hydrogen (secondary N) is 2. The van der Waals surface area contributed by atoms with Crippen LogP contribution in [0.2, 0.25) is 0 Å². The van der Waals surface area contributed by atoms with Crippen molar-refractivity contribution in [3.05, 3.63) is 36.5 Å². The third kappa shape index (κ3) is 4.09. The lowest BCUT2D eigenvalue weighted by Gasteiger charge is -2.18. The molecule has 2 aromatic rings. The molecule has 9 nitrogen and oxygen atoms in total. The summed E-state index contributed by atoms with van der Waals surface area (Å²) in [5.74, 6) is 1.24. The van der Waals surface area contributed by atoms with Crippen LogP contribution in [0.4, 0.5) is 5.95 Å². The molecule has 150 valence electrons. The molecule has 28 heavy (non-hydrogen) atoms. The summed E-state index contributed by atoms with van der Waals surface area (Å²) >= 11 is 0. The summed E-state index contributed by atoms with van der Waals surface area (Å²) in [6.07, 6.45) is 2.21. The number of fused-ring (bicyclic) bond motifs is 1. The lowest BCUT2D eigenvalue weighted by atomic mass is 10.1. The average Bonchev–Trinajstić information content (AvgIpc) is 3.25. The van der Waals surface area contributed by atoms with Crippen LogP contribution in [-0.2, 0) is 19.5 Å². The maximum absolute atomic E-state index is 11.5. The van der Waals surface area contributed by atoms with Gasteiger partial charge in [-0.15, -0.1) is 0 Å². The molecular formula is C18H22N4O5S. The minimum Gasteiger partial charge on any atom is -0.497 e. The molecule has 2 aliphatic heterocycles. The number of rotatable bonds is 6. The van der Waals surface area contributed by atoms with Gasteiger partial charge >= 0.3 is 0 Å². The molecule has 4 atom stereocenters. The van der Waals surface area contributed by atoms with Gasteiger partial charge in [0, 0.05) is 11.8 Å². The van der Waals surface area contributed by atoms with E-state index in [2.05, 4.69) is 20.0 Å². The molecule has 10 heteroatoms. The fourth-order valence-corrected chi connectivity index (χ4v) is 4.27. The van der Waals surface area contributed by atoms with E-state index in [0.717, 1.165) is 23.3 Å². The Morgan fingerprint density at radius 2 is 1.75 bits per heavy atom. The Kier molecular flexibility index (Phi) is 5.19. The smallest absolute Gasteiger partial charge is 0.223 e. The van der Waals surface area contributed by atoms with Gasteiger partial charge in [-0.2, -0.15) is 0 Å². The highest BCUT2D eigenvalue weighted by Crippen LogP contribution is 2.29. The predicted octanol–water partition coefficient (Wildman–Crippen LogP) is 0.648. The van der Waals surface area contributed by atoms with Gasteiger partial charge in [-0.05, 0) is 30.3 Å². The normalized spacial score (nSPS) is 26.8. The van der Waals surface area contributed by atoms with Crippen LogP contribution >= 0.6 is 0 Å². The van der Waals surface area contributed by atoms with Gasteiger partial charge in [-0.3, -0.25) is 0 Å². The number of sulfonamides is 1. The highest BCUT2D eigenvalue weighted by atomic mass is 32.2. The van der Waals surface area contributed by atoms with Crippen LogP contribution < -0.4 is 14.8 Å². The predicted molar refractivity (Wildman–Crippen MR) is 103 cm³/mol. The first kappa shape index (κ1) is 19.1. The zero-order valence-electron chi connectivity index (χ0n) is 15.5. The number of ether oxygens (including phenoxy) is 3. The van der Waals surface area contributed by atoms with Gasteiger partial charge in [0.25, 0.3) is 0 Å². The van der Waals surface area contributed by atoms with E-state index in [-0.39, 0.29) is 24.9 Å². The summed E-state index contributed by atoms with van der Waals surface area (Å²) in [6, 6.07) is 8.89. The Bertz CT molecular complexity index is 937. The average molecular weight is 406 g/mol. The second kappa shape index (κ2) is 7.63. The third-order valence-corrected chi connectivity index (χ3v) is 5.51. The topological polar surface area (TPSA) is 112 Å². The maximum Gasteiger partial charge on any atom is 0.223 e. The monoisotopic (exact) mass is 406 g/mol. The number of anilines is 1. The van der Waals surface area contributed by atoms with Crippen molar-refractivity contribution in [3.8, 4) is 17.0 Å². The molecule has 2 saturated heterocycles. The SMILES string of the molecule is COc1ccc(-c2ccnc(NC3COC4C(NS(C)(=O)=O)COC34)n2)cc1. The zero-order valence-corrected chi connectivity index (χ0v) is 16.3. The van der Waals surface area contributed by atoms with Gasteiger partial charge in [0.2, 0.25) is 16.0 Å². The van der Waals surface area contributed by atoms with E-state index in [1.54, 1.807) is 13.3 Å². The highest BCUT2D eigenvalue weighted by Gasteiger charge is 2.48. The summed E-state index contributed by atoms with van der Waals surface area (Å²) in [5, 5.41) is 3.25. The molecule has 1 aromatic heterocycles. The largest absolute Gasteiger partial charge is 0.497 e. The molecule has 0 saturated carbocycles. The standard InChI is InChI=1S/C18H22N4O5S/c1-25-12-5-3-11(4-6-12)13-7-8-19-18(20-13)21-14-9-26-17-15(10-27-16(14)17)22-28(2,23)24/h3-8,14-17,22H,9-10H2,1-2H3,(H,19,20,21). The van der Waals surface area contributed by atoms with E-state index in [1.165, 1.54) is 0 Å². The van der Waals surface area contributed by atoms with Gasteiger partial charge < -0.3 is 19.5 Å². The number of hydrogen-bond donors (Lipinski definition) is 2. The van der Waals surface area contributed by atoms with Gasteiger partial charge in [-0.25, -0.2) is 23.1 Å². The first-order valence-corrected chi connectivity index (χ1v) is 10.8. The lowest BCUT2D eigenvalue weighted by molar-refractivity contribution is 0.0690. The molecule has 4 rings (SSSR count). The molecule has 4 unspecified atom stereocenters. The summed E-state index contributed by atoms with van der Waals surface area (Å²) in [7, 11) is -1.70. The Labute approximate surface area is 163 Å². The molecule has 2 fully saturated rings. The summed E-state index contributed by atoms with van der Waals surface area (Å²) in [5.41, 5.74) is 1.72. The fourth-order valence-electron chi connectivity index (χ4n) is 3.52. The molecule has 2 aliphatic rings. The molecule has 0 bridgehead atoms. The van der Waals surface area contributed by atoms with E-state index in [4.69, 9.17) is 14.2 Å². The van der Waals surface area contributed by atoms with Crippen LogP contribution in [0.15, 0.2) is 36.5 Å². The molecule has 3 heterocycles. The quantitative estimate of drug-likeness (QED) is 0.719. The highest BCUT2D eigenvalue weighted by molar-refractivity contribution is 7.88. The number of aromatic nitrogens is 2. The lowest BCUT2D eigenvalue weighted by Crippen LogP contribution is -2.44. The molecule has 0 amide bonds. The van der Waals surface area contributed by atoms with Crippen molar-refractivity contribution >= 4 is 16.0 Å². The summed E-state index contributed by atoms with van der Waals surface area (Å²) in [6.45, 7) is 0.653. The Morgan fingerprint density at radius 3 is 2.43 bits per heavy atom. The van der Waals surface area contributed by atoms with Gasteiger partial charge in [0.15, 0.2) is 0 Å². The van der Waals surface area contributed by atoms with Crippen LogP contribution in [0, 0.1) is 0 Å². The number of hydrogen-bond acceptors (Lipinski definition) is 8. The summed E-state index contributed by atoms with van der Waals surface area (Å²) in [4.78, 5) is 8.85. The molecule has 2 N–H and O–H groups in total. The molecule has 1 aromatic carbocycles. The Hall–Kier alpha value is -2.27. The zero-order chi connectivity index (χ0) is 19.7. The molecular weight excluding hydrogens is 384 g/mol. The molecule has 0 spiro atoms. The van der Waals surface area contributed by atoms with Crippen molar-refractivity contribution in [2.24, 2.45) is 0 Å². The van der Waals surface area contributed by atoms with Crippen molar-refractivity contribution in [1.29, 1.82) is 0 Å². The third-order valence-electron chi connectivity index (χ3n) is 4.77. The van der Waals surface area contributed by atoms with E-state index in [0.29, 0.717) is 12.6 Å². The van der Waals surface area contributed by atoms with Crippen LogP contribution in [0.3, 0.4) is 0 Å². The molecule has 0 radical (unpaired) electrons. The number of methoxy groups -OCH3 is 1. The first-order valence-electron chi connectivity index (χ1n) is 8.87. The fraction of sp³-hybridized carbons (Fsp3) is 0.444. The molecule has 0 aliphatic carbocycles. The van der Waals surface area contributed by atoms with E-state index in [1.807, 2.05) is 30.3 Å². The second-order valence-corrected chi connectivity index (χ2v) is 8.62. The maximum atomic E-state index is 11.5. The van der Waals surface area contributed by atoms with Crippen LogP contribution in [-0.4, -0.2) is 69.3 Å². The van der Waals surface area contributed by atoms with Crippen molar-refractivity contribution in [3.63, 3.8) is 0 Å². The van der Waals surface area contributed by atoms with E-state index >= 15 is 0 Å². The first-order chi connectivity index (χ1) is 13.4. The van der Waals surface area contributed by atoms with Gasteiger partial charge in [0.1, 0.15) is 18.0 Å². The van der Waals surface area contributed by atoms with Gasteiger partial charge in [0.05, 0.1) is 44.4 Å². The van der Waals surface area contributed by atoms with E-state index < -0.39 is 16.1 Å². The minimum atomic E-state index is -3.33. The van der Waals surface area contributed by atoms with Crippen LogP contribution in [0.5, 0.6) is 5.75 Å². The Morgan fingerprint density at radius 1 is 1.07 bits per heavy atom. The van der Waals surface area contributed by atoms with Crippen molar-refractivity contribution < 1.29 is 22.6 Å². The van der Waals surface area contributed by atoms with Crippen molar-refractivity contribution in [1.82, 2.24) is 14.7 Å². The van der Waals surface area contributed by atoms with Gasteiger partial charge in [-0.1, -0.05) is 0 Å². The summed E-state index contributed by atoms with van der Waals surface area (Å²) < 4.78 is 42.3. The van der Waals surface area contributed by atoms with Crippen LogP contribution in [0.25, 0.3) is 11.3 Å². The number of benzene rings is 1. The van der Waals surface area contributed by atoms with Crippen molar-refractivity contribution in [2.75, 3.05) is 31.9 Å². The Balaban J connectivity index is 1.45. The van der Waals surface area contributed by atoms with Crippen molar-refractivity contribution in [2.45, 2.75) is 24.3 Å². The van der Waals surface area contributed by atoms with Crippen LogP contribution in [0.1, 0.15) is 0 Å². The second-order valence-electron chi connectivity index (χ2n) is 6.84. The minimum absolute atomic E-state index is 0.164.